The largest absolute Gasteiger partial charge is 0.359 e. The molecule has 0 spiro atoms. The van der Waals surface area contributed by atoms with E-state index in [0.717, 1.165) is 13.1 Å². The van der Waals surface area contributed by atoms with Crippen molar-refractivity contribution in [2.24, 2.45) is 11.7 Å². The van der Waals surface area contributed by atoms with Gasteiger partial charge in [-0.15, -0.1) is 0 Å². The Bertz CT molecular complexity index is 220. The van der Waals surface area contributed by atoms with Crippen molar-refractivity contribution in [1.29, 1.82) is 0 Å². The Hall–Kier alpha value is -0.610. The van der Waals surface area contributed by atoms with Gasteiger partial charge in [-0.3, -0.25) is 9.69 Å². The predicted octanol–water partition coefficient (Wildman–Crippen LogP) is 0.572. The average Bonchev–Trinajstić information content (AvgIpc) is 2.34. The van der Waals surface area contributed by atoms with Gasteiger partial charge in [-0.2, -0.15) is 0 Å². The topological polar surface area (TPSA) is 58.4 Å². The summed E-state index contributed by atoms with van der Waals surface area (Å²) in [6.45, 7) is 4.88. The molecule has 1 aliphatic heterocycles. The van der Waals surface area contributed by atoms with Crippen LogP contribution in [-0.2, 0) is 4.79 Å². The number of rotatable bonds is 5. The Morgan fingerprint density at radius 1 is 1.56 bits per heavy atom. The van der Waals surface area contributed by atoms with Crippen molar-refractivity contribution in [3.05, 3.63) is 0 Å². The van der Waals surface area contributed by atoms with Gasteiger partial charge in [0.2, 0.25) is 5.91 Å². The maximum atomic E-state index is 11.2. The highest BCUT2D eigenvalue weighted by Gasteiger charge is 2.28. The number of amides is 1. The van der Waals surface area contributed by atoms with Crippen molar-refractivity contribution in [3.63, 3.8) is 0 Å². The van der Waals surface area contributed by atoms with Crippen LogP contribution in [0.3, 0.4) is 0 Å². The van der Waals surface area contributed by atoms with Crippen LogP contribution in [0, 0.1) is 5.92 Å². The zero-order valence-corrected chi connectivity index (χ0v) is 10.5. The van der Waals surface area contributed by atoms with Crippen molar-refractivity contribution in [3.8, 4) is 0 Å². The molecule has 0 aromatic heterocycles. The van der Waals surface area contributed by atoms with Crippen LogP contribution in [-0.4, -0.2) is 43.5 Å². The molecule has 2 unspecified atom stereocenters. The van der Waals surface area contributed by atoms with E-state index >= 15 is 0 Å². The van der Waals surface area contributed by atoms with Gasteiger partial charge in [-0.25, -0.2) is 0 Å². The van der Waals surface area contributed by atoms with Gasteiger partial charge < -0.3 is 11.1 Å². The lowest BCUT2D eigenvalue weighted by Gasteiger charge is -2.40. The highest BCUT2D eigenvalue weighted by molar-refractivity contribution is 5.75. The summed E-state index contributed by atoms with van der Waals surface area (Å²) < 4.78 is 0. The Labute approximate surface area is 98.6 Å². The molecule has 0 radical (unpaired) electrons. The van der Waals surface area contributed by atoms with Gasteiger partial charge in [0.1, 0.15) is 0 Å². The molecule has 0 aromatic rings. The second kappa shape index (κ2) is 6.86. The van der Waals surface area contributed by atoms with Crippen molar-refractivity contribution in [1.82, 2.24) is 10.2 Å². The van der Waals surface area contributed by atoms with Crippen LogP contribution in [0.1, 0.15) is 32.6 Å². The van der Waals surface area contributed by atoms with E-state index in [-0.39, 0.29) is 5.91 Å². The summed E-state index contributed by atoms with van der Waals surface area (Å²) in [4.78, 5) is 13.6. The minimum absolute atomic E-state index is 0.120. The number of carbonyl (C=O) groups excluding carboxylic acids is 1. The standard InChI is InChI=1S/C12H25N3O/c1-3-10-5-4-7-15(11(10)9-13)8-6-12(16)14-2/h10-11H,3-9,13H2,1-2H3,(H,14,16). The van der Waals surface area contributed by atoms with Crippen LogP contribution in [0.4, 0.5) is 0 Å². The number of piperidine rings is 1. The molecule has 1 heterocycles. The number of likely N-dealkylation sites (tertiary alicyclic amines) is 1. The normalized spacial score (nSPS) is 26.7. The molecule has 1 saturated heterocycles. The van der Waals surface area contributed by atoms with Crippen LogP contribution in [0.25, 0.3) is 0 Å². The minimum atomic E-state index is 0.120. The third-order valence-electron chi connectivity index (χ3n) is 3.70. The maximum absolute atomic E-state index is 11.2. The lowest BCUT2D eigenvalue weighted by atomic mass is 9.87. The van der Waals surface area contributed by atoms with Crippen LogP contribution in [0.15, 0.2) is 0 Å². The van der Waals surface area contributed by atoms with Gasteiger partial charge in [0.25, 0.3) is 0 Å². The molecular weight excluding hydrogens is 202 g/mol. The van der Waals surface area contributed by atoms with E-state index in [9.17, 15) is 4.79 Å². The lowest BCUT2D eigenvalue weighted by Crippen LogP contribution is -2.50. The zero-order chi connectivity index (χ0) is 12.0. The van der Waals surface area contributed by atoms with E-state index in [2.05, 4.69) is 17.1 Å². The molecule has 0 bridgehead atoms. The van der Waals surface area contributed by atoms with Gasteiger partial charge in [-0.1, -0.05) is 13.3 Å². The second-order valence-electron chi connectivity index (χ2n) is 4.57. The summed E-state index contributed by atoms with van der Waals surface area (Å²) in [6, 6.07) is 0.475. The number of hydrogen-bond donors (Lipinski definition) is 2. The minimum Gasteiger partial charge on any atom is -0.359 e. The van der Waals surface area contributed by atoms with Crippen LogP contribution >= 0.6 is 0 Å². The number of nitrogens with zero attached hydrogens (tertiary/aromatic N) is 1. The summed E-state index contributed by atoms with van der Waals surface area (Å²) in [5.41, 5.74) is 5.86. The molecule has 1 amide bonds. The summed E-state index contributed by atoms with van der Waals surface area (Å²) in [5.74, 6) is 0.831. The summed E-state index contributed by atoms with van der Waals surface area (Å²) >= 11 is 0. The first-order chi connectivity index (χ1) is 7.72. The number of hydrogen-bond acceptors (Lipinski definition) is 3. The molecule has 4 heteroatoms. The Balaban J connectivity index is 2.46. The number of nitrogens with one attached hydrogen (secondary N) is 1. The van der Waals surface area contributed by atoms with Gasteiger partial charge in [0, 0.05) is 32.6 Å². The van der Waals surface area contributed by atoms with Crippen molar-refractivity contribution in [2.75, 3.05) is 26.7 Å². The van der Waals surface area contributed by atoms with Crippen LogP contribution < -0.4 is 11.1 Å². The fourth-order valence-corrected chi connectivity index (χ4v) is 2.68. The van der Waals surface area contributed by atoms with E-state index in [4.69, 9.17) is 5.73 Å². The summed E-state index contributed by atoms with van der Waals surface area (Å²) in [6.07, 6.45) is 4.30. The molecule has 0 saturated carbocycles. The monoisotopic (exact) mass is 227 g/mol. The predicted molar refractivity (Wildman–Crippen MR) is 66.1 cm³/mol. The maximum Gasteiger partial charge on any atom is 0.221 e. The van der Waals surface area contributed by atoms with Crippen LogP contribution in [0.5, 0.6) is 0 Å². The first-order valence-electron chi connectivity index (χ1n) is 6.37. The molecular formula is C12H25N3O. The smallest absolute Gasteiger partial charge is 0.221 e. The van der Waals surface area contributed by atoms with Crippen molar-refractivity contribution in [2.45, 2.75) is 38.6 Å². The SMILES string of the molecule is CCC1CCCN(CCC(=O)NC)C1CN. The molecule has 3 N–H and O–H groups in total. The van der Waals surface area contributed by atoms with Gasteiger partial charge in [0.15, 0.2) is 0 Å². The number of nitrogens with two attached hydrogens (primary N) is 1. The zero-order valence-electron chi connectivity index (χ0n) is 10.5. The van der Waals surface area contributed by atoms with Crippen molar-refractivity contribution >= 4 is 5.91 Å². The van der Waals surface area contributed by atoms with Gasteiger partial charge in [-0.05, 0) is 25.3 Å². The molecule has 0 aromatic carbocycles. The average molecular weight is 227 g/mol. The summed E-state index contributed by atoms with van der Waals surface area (Å²) in [5, 5.41) is 2.67. The van der Waals surface area contributed by atoms with E-state index in [1.807, 2.05) is 0 Å². The van der Waals surface area contributed by atoms with E-state index in [1.54, 1.807) is 7.05 Å². The molecule has 1 aliphatic rings. The molecule has 94 valence electrons. The molecule has 2 atom stereocenters. The van der Waals surface area contributed by atoms with Crippen molar-refractivity contribution < 1.29 is 4.79 Å². The third-order valence-corrected chi connectivity index (χ3v) is 3.70. The Morgan fingerprint density at radius 3 is 2.88 bits per heavy atom. The van der Waals surface area contributed by atoms with Gasteiger partial charge >= 0.3 is 0 Å². The van der Waals surface area contributed by atoms with E-state index in [0.29, 0.717) is 24.9 Å². The molecule has 1 rings (SSSR count). The summed E-state index contributed by atoms with van der Waals surface area (Å²) in [7, 11) is 1.69. The molecule has 0 aliphatic carbocycles. The lowest BCUT2D eigenvalue weighted by molar-refractivity contribution is -0.121. The van der Waals surface area contributed by atoms with Crippen LogP contribution in [0.2, 0.25) is 0 Å². The highest BCUT2D eigenvalue weighted by Crippen LogP contribution is 2.25. The third kappa shape index (κ3) is 3.46. The highest BCUT2D eigenvalue weighted by atomic mass is 16.1. The molecule has 4 nitrogen and oxygen atoms in total. The Morgan fingerprint density at radius 2 is 2.31 bits per heavy atom. The molecule has 1 fully saturated rings. The molecule has 16 heavy (non-hydrogen) atoms. The van der Waals surface area contributed by atoms with Gasteiger partial charge in [0.05, 0.1) is 0 Å². The van der Waals surface area contributed by atoms with E-state index in [1.165, 1.54) is 19.3 Å². The quantitative estimate of drug-likeness (QED) is 0.722. The fourth-order valence-electron chi connectivity index (χ4n) is 2.68. The first-order valence-corrected chi connectivity index (χ1v) is 6.37. The number of carbonyl (C=O) groups is 1. The Kier molecular flexibility index (Phi) is 5.77. The second-order valence-corrected chi connectivity index (χ2v) is 4.57. The van der Waals surface area contributed by atoms with E-state index < -0.39 is 0 Å². The fraction of sp³-hybridized carbons (Fsp3) is 0.917. The first kappa shape index (κ1) is 13.5.